The van der Waals surface area contributed by atoms with E-state index in [0.29, 0.717) is 12.6 Å². The van der Waals surface area contributed by atoms with Gasteiger partial charge in [0.05, 0.1) is 25.6 Å². The number of methoxy groups -OCH3 is 1. The maximum Gasteiger partial charge on any atom is 0.191 e. The average Bonchev–Trinajstić information content (AvgIpc) is 3.55. The van der Waals surface area contributed by atoms with Crippen molar-refractivity contribution in [2.45, 2.75) is 25.4 Å². The molecule has 0 spiro atoms. The molecule has 0 bridgehead atoms. The fourth-order valence-electron chi connectivity index (χ4n) is 3.65. The number of hydrogen-bond donors (Lipinski definition) is 2. The Bertz CT molecular complexity index is 925. The van der Waals surface area contributed by atoms with Crippen LogP contribution in [0, 0.1) is 0 Å². The van der Waals surface area contributed by atoms with Gasteiger partial charge in [0, 0.05) is 37.0 Å². The maximum absolute atomic E-state index is 5.54. The Hall–Kier alpha value is -2.93. The number of rotatable bonds is 8. The lowest BCUT2D eigenvalue weighted by Gasteiger charge is -2.22. The fourth-order valence-corrected chi connectivity index (χ4v) is 4.28. The predicted molar refractivity (Wildman–Crippen MR) is 123 cm³/mol. The molecular formula is C23H28N4O2S. The molecule has 1 atom stereocenters. The second kappa shape index (κ2) is 10.2. The highest BCUT2D eigenvalue weighted by Gasteiger charge is 2.25. The minimum atomic E-state index is 0.327. The van der Waals surface area contributed by atoms with Crippen LogP contribution in [-0.4, -0.2) is 38.7 Å². The Balaban J connectivity index is 1.37. The molecule has 4 rings (SSSR count). The highest BCUT2D eigenvalue weighted by molar-refractivity contribution is 7.09. The van der Waals surface area contributed by atoms with Crippen molar-refractivity contribution >= 4 is 23.0 Å². The predicted octanol–water partition coefficient (Wildman–Crippen LogP) is 3.91. The van der Waals surface area contributed by atoms with E-state index in [-0.39, 0.29) is 0 Å². The van der Waals surface area contributed by atoms with Crippen molar-refractivity contribution in [2.75, 3.05) is 31.6 Å². The number of aliphatic imine (C=N–C) groups is 1. The SMILES string of the molecule is COc1ccccc1N1CCC(NC(=NCc2cccs2)NCCc2ccco2)C1. The van der Waals surface area contributed by atoms with Gasteiger partial charge in [-0.2, -0.15) is 0 Å². The van der Waals surface area contributed by atoms with Gasteiger partial charge in [-0.1, -0.05) is 18.2 Å². The van der Waals surface area contributed by atoms with Gasteiger partial charge in [0.1, 0.15) is 11.5 Å². The summed E-state index contributed by atoms with van der Waals surface area (Å²) in [5, 5.41) is 9.18. The fraction of sp³-hybridized carbons (Fsp3) is 0.348. The van der Waals surface area contributed by atoms with Gasteiger partial charge in [0.15, 0.2) is 5.96 Å². The quantitative estimate of drug-likeness (QED) is 0.424. The van der Waals surface area contributed by atoms with Crippen molar-refractivity contribution in [3.8, 4) is 5.75 Å². The van der Waals surface area contributed by atoms with Crippen LogP contribution in [0.2, 0.25) is 0 Å². The molecule has 1 unspecified atom stereocenters. The average molecular weight is 425 g/mol. The molecule has 3 heterocycles. The van der Waals surface area contributed by atoms with Crippen molar-refractivity contribution in [1.29, 1.82) is 0 Å². The van der Waals surface area contributed by atoms with Crippen LogP contribution in [-0.2, 0) is 13.0 Å². The molecule has 30 heavy (non-hydrogen) atoms. The van der Waals surface area contributed by atoms with E-state index >= 15 is 0 Å². The van der Waals surface area contributed by atoms with Crippen LogP contribution in [0.1, 0.15) is 17.1 Å². The highest BCUT2D eigenvalue weighted by atomic mass is 32.1. The van der Waals surface area contributed by atoms with E-state index in [4.69, 9.17) is 14.1 Å². The number of hydrogen-bond acceptors (Lipinski definition) is 5. The van der Waals surface area contributed by atoms with Gasteiger partial charge in [0.2, 0.25) is 0 Å². The van der Waals surface area contributed by atoms with Crippen LogP contribution in [0.15, 0.2) is 69.6 Å². The molecule has 2 N–H and O–H groups in total. The van der Waals surface area contributed by atoms with Crippen LogP contribution in [0.4, 0.5) is 5.69 Å². The Morgan fingerprint density at radius 3 is 2.97 bits per heavy atom. The third kappa shape index (κ3) is 5.36. The van der Waals surface area contributed by atoms with Gasteiger partial charge < -0.3 is 24.7 Å². The molecule has 1 aliphatic heterocycles. The zero-order valence-electron chi connectivity index (χ0n) is 17.2. The molecule has 1 saturated heterocycles. The molecule has 1 aliphatic rings. The molecule has 6 nitrogen and oxygen atoms in total. The number of ether oxygens (including phenoxy) is 1. The largest absolute Gasteiger partial charge is 0.495 e. The van der Waals surface area contributed by atoms with E-state index in [1.807, 2.05) is 24.3 Å². The smallest absolute Gasteiger partial charge is 0.191 e. The molecule has 7 heteroatoms. The zero-order chi connectivity index (χ0) is 20.6. The molecule has 2 aromatic heterocycles. The Kier molecular flexibility index (Phi) is 6.92. The molecule has 0 aliphatic carbocycles. The first kappa shape index (κ1) is 20.3. The first-order chi connectivity index (χ1) is 14.8. The summed E-state index contributed by atoms with van der Waals surface area (Å²) < 4.78 is 11.0. The monoisotopic (exact) mass is 424 g/mol. The van der Waals surface area contributed by atoms with Gasteiger partial charge in [0.25, 0.3) is 0 Å². The van der Waals surface area contributed by atoms with Gasteiger partial charge in [-0.15, -0.1) is 11.3 Å². The summed E-state index contributed by atoms with van der Waals surface area (Å²) in [5.74, 6) is 2.74. The highest BCUT2D eigenvalue weighted by Crippen LogP contribution is 2.30. The van der Waals surface area contributed by atoms with Gasteiger partial charge in [-0.25, -0.2) is 4.99 Å². The molecule has 1 aromatic carbocycles. The van der Waals surface area contributed by atoms with E-state index in [0.717, 1.165) is 55.6 Å². The second-order valence-corrected chi connectivity index (χ2v) is 8.28. The summed E-state index contributed by atoms with van der Waals surface area (Å²) in [6, 6.07) is 16.6. The summed E-state index contributed by atoms with van der Waals surface area (Å²) in [7, 11) is 1.73. The number of para-hydroxylation sites is 2. The minimum Gasteiger partial charge on any atom is -0.495 e. The van der Waals surface area contributed by atoms with Crippen molar-refractivity contribution in [3.63, 3.8) is 0 Å². The van der Waals surface area contributed by atoms with Crippen molar-refractivity contribution < 1.29 is 9.15 Å². The van der Waals surface area contributed by atoms with Crippen molar-refractivity contribution in [3.05, 3.63) is 70.8 Å². The maximum atomic E-state index is 5.54. The van der Waals surface area contributed by atoms with Crippen molar-refractivity contribution in [1.82, 2.24) is 10.6 Å². The summed E-state index contributed by atoms with van der Waals surface area (Å²) in [6.45, 7) is 3.35. The van der Waals surface area contributed by atoms with Crippen LogP contribution >= 0.6 is 11.3 Å². The third-order valence-electron chi connectivity index (χ3n) is 5.17. The molecular weight excluding hydrogens is 396 g/mol. The molecule has 0 radical (unpaired) electrons. The summed E-state index contributed by atoms with van der Waals surface area (Å²) in [5.41, 5.74) is 1.15. The first-order valence-electron chi connectivity index (χ1n) is 10.3. The van der Waals surface area contributed by atoms with E-state index < -0.39 is 0 Å². The molecule has 1 fully saturated rings. The number of guanidine groups is 1. The van der Waals surface area contributed by atoms with Crippen LogP contribution in [0.25, 0.3) is 0 Å². The number of furan rings is 1. The van der Waals surface area contributed by atoms with Gasteiger partial charge >= 0.3 is 0 Å². The van der Waals surface area contributed by atoms with Crippen LogP contribution in [0.5, 0.6) is 5.75 Å². The summed E-state index contributed by atoms with van der Waals surface area (Å²) in [6.07, 6.45) is 3.59. The normalized spacial score (nSPS) is 16.6. The van der Waals surface area contributed by atoms with E-state index in [9.17, 15) is 0 Å². The van der Waals surface area contributed by atoms with E-state index in [1.165, 1.54) is 4.88 Å². The van der Waals surface area contributed by atoms with Crippen molar-refractivity contribution in [2.24, 2.45) is 4.99 Å². The second-order valence-electron chi connectivity index (χ2n) is 7.25. The number of nitrogens with one attached hydrogen (secondary N) is 2. The number of nitrogens with zero attached hydrogens (tertiary/aromatic N) is 2. The molecule has 0 saturated carbocycles. The number of benzene rings is 1. The number of anilines is 1. The molecule has 3 aromatic rings. The standard InChI is InChI=1S/C23H28N4O2S/c1-28-22-9-3-2-8-21(22)27-13-11-18(17-27)26-23(25-16-20-7-5-15-30-20)24-12-10-19-6-4-14-29-19/h2-9,14-15,18H,10-13,16-17H2,1H3,(H2,24,25,26). The van der Waals surface area contributed by atoms with Gasteiger partial charge in [-0.05, 0) is 42.1 Å². The van der Waals surface area contributed by atoms with Crippen LogP contribution < -0.4 is 20.3 Å². The summed E-state index contributed by atoms with van der Waals surface area (Å²) >= 11 is 1.73. The zero-order valence-corrected chi connectivity index (χ0v) is 18.0. The molecule has 158 valence electrons. The van der Waals surface area contributed by atoms with Crippen LogP contribution in [0.3, 0.4) is 0 Å². The lowest BCUT2D eigenvalue weighted by atomic mass is 10.2. The number of thiophene rings is 1. The summed E-state index contributed by atoms with van der Waals surface area (Å²) in [4.78, 5) is 8.44. The molecule has 0 amide bonds. The minimum absolute atomic E-state index is 0.327. The van der Waals surface area contributed by atoms with Gasteiger partial charge in [-0.3, -0.25) is 0 Å². The Labute approximate surface area is 181 Å². The third-order valence-corrected chi connectivity index (χ3v) is 6.03. The Morgan fingerprint density at radius 2 is 2.17 bits per heavy atom. The topological polar surface area (TPSA) is 62.0 Å². The Morgan fingerprint density at radius 1 is 1.23 bits per heavy atom. The van der Waals surface area contributed by atoms with E-state index in [2.05, 4.69) is 45.2 Å². The lowest BCUT2D eigenvalue weighted by Crippen LogP contribution is -2.45. The van der Waals surface area contributed by atoms with E-state index in [1.54, 1.807) is 24.7 Å². The first-order valence-corrected chi connectivity index (χ1v) is 11.2. The lowest BCUT2D eigenvalue weighted by molar-refractivity contribution is 0.415.